The van der Waals surface area contributed by atoms with Crippen molar-refractivity contribution in [2.75, 3.05) is 13.3 Å². The van der Waals surface area contributed by atoms with Gasteiger partial charge >= 0.3 is 0 Å². The second-order valence-corrected chi connectivity index (χ2v) is 5.27. The zero-order valence-corrected chi connectivity index (χ0v) is 12.0. The van der Waals surface area contributed by atoms with Gasteiger partial charge in [-0.15, -0.1) is 0 Å². The van der Waals surface area contributed by atoms with Gasteiger partial charge in [-0.3, -0.25) is 22.0 Å². The first-order valence-electron chi connectivity index (χ1n) is 6.81. The van der Waals surface area contributed by atoms with Crippen molar-refractivity contribution in [2.45, 2.75) is 30.3 Å². The second-order valence-electron chi connectivity index (χ2n) is 5.27. The molecule has 1 saturated heterocycles. The van der Waals surface area contributed by atoms with E-state index in [2.05, 4.69) is 25.8 Å². The van der Waals surface area contributed by atoms with Crippen LogP contribution < -0.4 is 28.3 Å². The van der Waals surface area contributed by atoms with Gasteiger partial charge in [-0.05, 0) is 0 Å². The largest absolute Gasteiger partial charge is 0.394 e. The lowest BCUT2D eigenvalue weighted by Crippen LogP contribution is -2.66. The Balaban J connectivity index is 1.91. The van der Waals surface area contributed by atoms with E-state index < -0.39 is 36.9 Å². The topological polar surface area (TPSA) is 212 Å². The van der Waals surface area contributed by atoms with Gasteiger partial charge in [0.2, 0.25) is 11.7 Å². The molecule has 0 radical (unpaired) electrons. The molecule has 3 aliphatic heterocycles. The van der Waals surface area contributed by atoms with Crippen LogP contribution in [0.15, 0.2) is 15.0 Å². The molecule has 0 aliphatic carbocycles. The number of hydrogen-bond donors (Lipinski definition) is 8. The molecular formula is C10H19N9O4. The van der Waals surface area contributed by atoms with Crippen molar-refractivity contribution in [2.24, 2.45) is 32.4 Å². The lowest BCUT2D eigenvalue weighted by molar-refractivity contribution is -0.0688. The van der Waals surface area contributed by atoms with Crippen LogP contribution in [0.25, 0.3) is 0 Å². The molecule has 0 saturated carbocycles. The van der Waals surface area contributed by atoms with Crippen molar-refractivity contribution < 1.29 is 20.1 Å². The molecule has 0 amide bonds. The van der Waals surface area contributed by atoms with Gasteiger partial charge in [0.25, 0.3) is 0 Å². The van der Waals surface area contributed by atoms with E-state index in [1.807, 2.05) is 0 Å². The van der Waals surface area contributed by atoms with Crippen LogP contribution in [-0.2, 0) is 4.74 Å². The van der Waals surface area contributed by atoms with E-state index in [0.717, 1.165) is 0 Å². The number of aliphatic hydroxyl groups is 3. The highest BCUT2D eigenvalue weighted by molar-refractivity contribution is 6.47. The number of aliphatic hydroxyl groups excluding tert-OH is 3. The number of fused-ring (bicyclic) bond motifs is 1. The quantitative estimate of drug-likeness (QED) is 0.140. The highest BCUT2D eigenvalue weighted by Crippen LogP contribution is 2.28. The van der Waals surface area contributed by atoms with E-state index in [0.29, 0.717) is 0 Å². The fourth-order valence-electron chi connectivity index (χ4n) is 2.68. The minimum Gasteiger partial charge on any atom is -0.394 e. The normalized spacial score (nSPS) is 39.7. The first-order valence-corrected chi connectivity index (χ1v) is 6.81. The molecule has 13 heteroatoms. The summed E-state index contributed by atoms with van der Waals surface area (Å²) in [6.07, 6.45) is -4.40. The van der Waals surface area contributed by atoms with Crippen LogP contribution in [-0.4, -0.2) is 81.3 Å². The second kappa shape index (κ2) is 5.73. The van der Waals surface area contributed by atoms with Crippen LogP contribution in [0.2, 0.25) is 0 Å². The first kappa shape index (κ1) is 16.2. The smallest absolute Gasteiger partial charge is 0.237 e. The Morgan fingerprint density at radius 2 is 2.09 bits per heavy atom. The molecule has 1 unspecified atom stereocenters. The maximum absolute atomic E-state index is 10.1. The summed E-state index contributed by atoms with van der Waals surface area (Å²) in [6.45, 7) is -0.389. The summed E-state index contributed by atoms with van der Waals surface area (Å²) >= 11 is 0. The first-order chi connectivity index (χ1) is 10.9. The number of nitrogens with two attached hydrogens (primary N) is 3. The number of hydrazine groups is 2. The Kier molecular flexibility index (Phi) is 4.03. The third-order valence-corrected chi connectivity index (χ3v) is 3.89. The van der Waals surface area contributed by atoms with E-state index in [1.165, 1.54) is 4.90 Å². The SMILES string of the molecule is NNC1=NC(N)(NN)C2=NCN([C@@H]3O[C@H](CO)[C@@H](O)[C@H]3O)C2=N1. The maximum atomic E-state index is 10.1. The lowest BCUT2D eigenvalue weighted by Gasteiger charge is -2.32. The molecule has 5 atom stereocenters. The summed E-state index contributed by atoms with van der Waals surface area (Å²) in [5.41, 5.74) is 10.9. The molecule has 0 aromatic rings. The Morgan fingerprint density at radius 3 is 2.65 bits per heavy atom. The van der Waals surface area contributed by atoms with E-state index in [4.69, 9.17) is 22.2 Å². The van der Waals surface area contributed by atoms with Gasteiger partial charge in [-0.25, -0.2) is 16.3 Å². The van der Waals surface area contributed by atoms with E-state index >= 15 is 0 Å². The highest BCUT2D eigenvalue weighted by Gasteiger charge is 2.51. The molecule has 0 aromatic heterocycles. The number of hydrogen-bond acceptors (Lipinski definition) is 13. The fraction of sp³-hybridized carbons (Fsp3) is 0.700. The minimum atomic E-state index is -1.55. The molecule has 3 rings (SSSR count). The molecule has 128 valence electrons. The molecule has 0 spiro atoms. The van der Waals surface area contributed by atoms with Crippen LogP contribution in [0.1, 0.15) is 0 Å². The van der Waals surface area contributed by atoms with E-state index in [1.54, 1.807) is 0 Å². The summed E-state index contributed by atoms with van der Waals surface area (Å²) < 4.78 is 5.48. The minimum absolute atomic E-state index is 0.00181. The standard InChI is InChI=1S/C10H19N9O4/c11-10(18-13)6-7(15-9(16-10)17-12)19(2-14-6)8-5(22)4(21)3(1-20)23-8/h3-5,8,18,20-22H,1-2,11-13H2,(H,16,17)/t3-,4-,5-,8-,10?/m1/s1. The average Bonchev–Trinajstić information content (AvgIpc) is 3.10. The summed E-state index contributed by atoms with van der Waals surface area (Å²) in [5, 5.41) is 29.2. The van der Waals surface area contributed by atoms with Gasteiger partial charge in [-0.2, -0.15) is 4.99 Å². The maximum Gasteiger partial charge on any atom is 0.237 e. The summed E-state index contributed by atoms with van der Waals surface area (Å²) in [5.74, 6) is 9.46. The zero-order chi connectivity index (χ0) is 16.8. The van der Waals surface area contributed by atoms with Crippen molar-refractivity contribution >= 4 is 17.5 Å². The average molecular weight is 329 g/mol. The predicted molar refractivity (Wildman–Crippen MR) is 78.3 cm³/mol. The Labute approximate surface area is 130 Å². The molecule has 0 bridgehead atoms. The van der Waals surface area contributed by atoms with E-state index in [9.17, 15) is 15.3 Å². The zero-order valence-electron chi connectivity index (χ0n) is 12.0. The number of rotatable bonds is 3. The van der Waals surface area contributed by atoms with Crippen LogP contribution in [0, 0.1) is 0 Å². The van der Waals surface area contributed by atoms with Gasteiger partial charge in [0.05, 0.1) is 6.61 Å². The van der Waals surface area contributed by atoms with Gasteiger partial charge in [0.1, 0.15) is 30.7 Å². The van der Waals surface area contributed by atoms with Gasteiger partial charge in [0, 0.05) is 0 Å². The third kappa shape index (κ3) is 2.39. The number of aliphatic imine (C=N–C) groups is 3. The van der Waals surface area contributed by atoms with Crippen LogP contribution >= 0.6 is 0 Å². The van der Waals surface area contributed by atoms with Gasteiger partial charge in [-0.1, -0.05) is 0 Å². The molecule has 11 N–H and O–H groups in total. The number of nitrogens with zero attached hydrogens (tertiary/aromatic N) is 4. The van der Waals surface area contributed by atoms with Gasteiger partial charge in [0.15, 0.2) is 12.1 Å². The Hall–Kier alpha value is -1.71. The lowest BCUT2D eigenvalue weighted by atomic mass is 10.1. The summed E-state index contributed by atoms with van der Waals surface area (Å²) in [6, 6.07) is 0. The highest BCUT2D eigenvalue weighted by atomic mass is 16.6. The summed E-state index contributed by atoms with van der Waals surface area (Å²) in [4.78, 5) is 13.9. The van der Waals surface area contributed by atoms with Gasteiger partial charge < -0.3 is 25.0 Å². The van der Waals surface area contributed by atoms with Crippen molar-refractivity contribution in [3.63, 3.8) is 0 Å². The Morgan fingerprint density at radius 1 is 1.35 bits per heavy atom. The van der Waals surface area contributed by atoms with Crippen LogP contribution in [0.4, 0.5) is 0 Å². The molecular weight excluding hydrogens is 310 g/mol. The summed E-state index contributed by atoms with van der Waals surface area (Å²) in [7, 11) is 0. The number of nitrogens with one attached hydrogen (secondary N) is 2. The molecule has 3 heterocycles. The molecule has 3 aliphatic rings. The fourth-order valence-corrected chi connectivity index (χ4v) is 2.68. The number of amidine groups is 1. The number of guanidine groups is 1. The predicted octanol–water partition coefficient (Wildman–Crippen LogP) is -5.55. The van der Waals surface area contributed by atoms with Crippen LogP contribution in [0.3, 0.4) is 0 Å². The Bertz CT molecular complexity index is 581. The molecule has 1 fully saturated rings. The van der Waals surface area contributed by atoms with Crippen LogP contribution in [0.5, 0.6) is 0 Å². The van der Waals surface area contributed by atoms with Crippen molar-refractivity contribution in [1.29, 1.82) is 0 Å². The van der Waals surface area contributed by atoms with Crippen molar-refractivity contribution in [3.05, 3.63) is 0 Å². The van der Waals surface area contributed by atoms with E-state index in [-0.39, 0.29) is 24.2 Å². The molecule has 0 aromatic carbocycles. The monoisotopic (exact) mass is 329 g/mol. The third-order valence-electron chi connectivity index (χ3n) is 3.89. The van der Waals surface area contributed by atoms with Crippen molar-refractivity contribution in [3.8, 4) is 0 Å². The van der Waals surface area contributed by atoms with Crippen molar-refractivity contribution in [1.82, 2.24) is 15.8 Å². The molecule has 23 heavy (non-hydrogen) atoms. The number of ether oxygens (including phenoxy) is 1. The molecule has 13 nitrogen and oxygen atoms in total.